The molecule has 6 heteroatoms. The van der Waals surface area contributed by atoms with E-state index in [-0.39, 0.29) is 11.5 Å². The zero-order valence-corrected chi connectivity index (χ0v) is 13.6. The summed E-state index contributed by atoms with van der Waals surface area (Å²) in [6, 6.07) is 12.9. The normalized spacial score (nSPS) is 11.0. The van der Waals surface area contributed by atoms with Crippen molar-refractivity contribution in [2.45, 2.75) is 0 Å². The van der Waals surface area contributed by atoms with Crippen molar-refractivity contribution in [2.75, 3.05) is 5.32 Å². The van der Waals surface area contributed by atoms with Crippen molar-refractivity contribution in [1.29, 1.82) is 0 Å². The highest BCUT2D eigenvalue weighted by atomic mass is 32.1. The van der Waals surface area contributed by atoms with E-state index in [1.807, 2.05) is 24.3 Å². The van der Waals surface area contributed by atoms with Crippen LogP contribution in [0.4, 0.5) is 5.69 Å². The van der Waals surface area contributed by atoms with Gasteiger partial charge in [-0.15, -0.1) is 11.3 Å². The van der Waals surface area contributed by atoms with Crippen LogP contribution in [-0.2, 0) is 7.05 Å². The van der Waals surface area contributed by atoms with Gasteiger partial charge in [0.2, 0.25) is 0 Å². The molecule has 0 aliphatic rings. The Balaban J connectivity index is 1.87. The van der Waals surface area contributed by atoms with Crippen LogP contribution in [0.15, 0.2) is 59.7 Å². The van der Waals surface area contributed by atoms with Crippen molar-refractivity contribution in [3.63, 3.8) is 0 Å². The van der Waals surface area contributed by atoms with E-state index in [9.17, 15) is 9.59 Å². The smallest absolute Gasteiger partial charge is 0.265 e. The lowest BCUT2D eigenvalue weighted by Gasteiger charge is -2.05. The molecule has 0 spiro atoms. The number of benzene rings is 1. The minimum atomic E-state index is -0.240. The first kappa shape index (κ1) is 14.6. The van der Waals surface area contributed by atoms with Gasteiger partial charge in [-0.05, 0) is 24.3 Å². The molecule has 118 valence electrons. The van der Waals surface area contributed by atoms with Crippen molar-refractivity contribution in [2.24, 2.45) is 7.05 Å². The number of rotatable bonds is 2. The number of carbonyl (C=O) groups excluding carboxylic acids is 1. The number of pyridine rings is 2. The molecule has 4 rings (SSSR count). The molecular weight excluding hydrogens is 322 g/mol. The number of thiophene rings is 1. The van der Waals surface area contributed by atoms with Gasteiger partial charge in [0.1, 0.15) is 0 Å². The zero-order valence-electron chi connectivity index (χ0n) is 12.8. The number of nitrogens with zero attached hydrogens (tertiary/aromatic N) is 2. The molecule has 1 N–H and O–H groups in total. The molecule has 0 atom stereocenters. The summed E-state index contributed by atoms with van der Waals surface area (Å²) in [5.74, 6) is -0.240. The summed E-state index contributed by atoms with van der Waals surface area (Å²) < 4.78 is 2.46. The molecule has 1 aromatic carbocycles. The molecular formula is C18H13N3O2S. The molecule has 4 aromatic rings. The molecule has 0 fully saturated rings. The van der Waals surface area contributed by atoms with E-state index >= 15 is 0 Å². The Morgan fingerprint density at radius 1 is 1.17 bits per heavy atom. The summed E-state index contributed by atoms with van der Waals surface area (Å²) in [6.07, 6.45) is 3.23. The van der Waals surface area contributed by atoms with E-state index in [4.69, 9.17) is 0 Å². The molecule has 0 aliphatic heterocycles. The first-order chi connectivity index (χ1) is 11.6. The van der Waals surface area contributed by atoms with Gasteiger partial charge in [-0.3, -0.25) is 14.6 Å². The van der Waals surface area contributed by atoms with Crippen molar-refractivity contribution in [3.05, 3.63) is 70.1 Å². The number of amides is 1. The maximum atomic E-state index is 12.6. The van der Waals surface area contributed by atoms with Gasteiger partial charge in [0.15, 0.2) is 0 Å². The van der Waals surface area contributed by atoms with Gasteiger partial charge < -0.3 is 9.88 Å². The molecule has 24 heavy (non-hydrogen) atoms. The Morgan fingerprint density at radius 3 is 2.79 bits per heavy atom. The van der Waals surface area contributed by atoms with Crippen LogP contribution in [0.25, 0.3) is 21.0 Å². The average molecular weight is 335 g/mol. The number of aromatic nitrogens is 2. The Bertz CT molecular complexity index is 1130. The topological polar surface area (TPSA) is 64.0 Å². The summed E-state index contributed by atoms with van der Waals surface area (Å²) in [5.41, 5.74) is 1.38. The molecule has 1 amide bonds. The molecule has 0 unspecified atom stereocenters. The Morgan fingerprint density at radius 2 is 2.00 bits per heavy atom. The summed E-state index contributed by atoms with van der Waals surface area (Å²) in [4.78, 5) is 29.5. The fraction of sp³-hybridized carbons (Fsp3) is 0.0556. The van der Waals surface area contributed by atoms with E-state index in [1.54, 1.807) is 42.2 Å². The standard InChI is InChI=1S/C18H13N3O2S/c1-21-14-7-3-2-6-12(14)16-13(18(21)23)9-15(24-16)17(22)20-11-5-4-8-19-10-11/h2-10H,1H3,(H,20,22). The van der Waals surface area contributed by atoms with Gasteiger partial charge in [0.25, 0.3) is 11.5 Å². The van der Waals surface area contributed by atoms with E-state index < -0.39 is 0 Å². The predicted octanol–water partition coefficient (Wildman–Crippen LogP) is 3.40. The number of hydrogen-bond acceptors (Lipinski definition) is 4. The van der Waals surface area contributed by atoms with Crippen LogP contribution in [-0.4, -0.2) is 15.5 Å². The maximum Gasteiger partial charge on any atom is 0.265 e. The minimum Gasteiger partial charge on any atom is -0.320 e. The highest BCUT2D eigenvalue weighted by Crippen LogP contribution is 2.30. The predicted molar refractivity (Wildman–Crippen MR) is 96.8 cm³/mol. The average Bonchev–Trinajstić information content (AvgIpc) is 3.06. The Labute approximate surface area is 141 Å². The van der Waals surface area contributed by atoms with Gasteiger partial charge in [0, 0.05) is 23.3 Å². The number of fused-ring (bicyclic) bond motifs is 3. The minimum absolute atomic E-state index is 0.0969. The molecule has 3 heterocycles. The van der Waals surface area contributed by atoms with Crippen molar-refractivity contribution < 1.29 is 4.79 Å². The number of hydrogen-bond donors (Lipinski definition) is 1. The fourth-order valence-electron chi connectivity index (χ4n) is 2.74. The van der Waals surface area contributed by atoms with E-state index in [0.29, 0.717) is 16.0 Å². The first-order valence-corrected chi connectivity index (χ1v) is 8.19. The van der Waals surface area contributed by atoms with Gasteiger partial charge in [-0.25, -0.2) is 0 Å². The lowest BCUT2D eigenvalue weighted by atomic mass is 10.2. The van der Waals surface area contributed by atoms with Gasteiger partial charge in [-0.2, -0.15) is 0 Å². The molecule has 5 nitrogen and oxygen atoms in total. The first-order valence-electron chi connectivity index (χ1n) is 7.38. The largest absolute Gasteiger partial charge is 0.320 e. The van der Waals surface area contributed by atoms with E-state index in [2.05, 4.69) is 10.3 Å². The van der Waals surface area contributed by atoms with Crippen LogP contribution in [0, 0.1) is 0 Å². The summed E-state index contributed by atoms with van der Waals surface area (Å²) in [7, 11) is 1.75. The van der Waals surface area contributed by atoms with E-state index in [0.717, 1.165) is 15.6 Å². The number of para-hydroxylation sites is 1. The summed E-state index contributed by atoms with van der Waals surface area (Å²) >= 11 is 1.33. The maximum absolute atomic E-state index is 12.6. The molecule has 0 radical (unpaired) electrons. The monoisotopic (exact) mass is 335 g/mol. The highest BCUT2D eigenvalue weighted by molar-refractivity contribution is 7.21. The second-order valence-corrected chi connectivity index (χ2v) is 6.48. The van der Waals surface area contributed by atoms with Crippen molar-refractivity contribution in [1.82, 2.24) is 9.55 Å². The molecule has 0 saturated heterocycles. The van der Waals surface area contributed by atoms with Gasteiger partial charge in [-0.1, -0.05) is 18.2 Å². The molecule has 0 saturated carbocycles. The van der Waals surface area contributed by atoms with Crippen LogP contribution in [0.5, 0.6) is 0 Å². The number of carbonyl (C=O) groups is 1. The Kier molecular flexibility index (Phi) is 3.39. The second-order valence-electron chi connectivity index (χ2n) is 5.43. The summed E-state index contributed by atoms with van der Waals surface area (Å²) in [5, 5.41) is 4.34. The van der Waals surface area contributed by atoms with Gasteiger partial charge >= 0.3 is 0 Å². The SMILES string of the molecule is Cn1c(=O)c2cc(C(=O)Nc3cccnc3)sc2c2ccccc21. The molecule has 3 aromatic heterocycles. The second kappa shape index (κ2) is 5.58. The van der Waals surface area contributed by atoms with Crippen LogP contribution in [0.1, 0.15) is 9.67 Å². The van der Waals surface area contributed by atoms with Gasteiger partial charge in [0.05, 0.1) is 27.7 Å². The lowest BCUT2D eigenvalue weighted by Crippen LogP contribution is -2.16. The Hall–Kier alpha value is -2.99. The quantitative estimate of drug-likeness (QED) is 0.611. The fourth-order valence-corrected chi connectivity index (χ4v) is 3.82. The molecule has 0 aliphatic carbocycles. The third-order valence-electron chi connectivity index (χ3n) is 3.92. The lowest BCUT2D eigenvalue weighted by molar-refractivity contribution is 0.103. The highest BCUT2D eigenvalue weighted by Gasteiger charge is 2.16. The van der Waals surface area contributed by atoms with Crippen molar-refractivity contribution >= 4 is 43.9 Å². The third-order valence-corrected chi connectivity index (χ3v) is 5.09. The number of aryl methyl sites for hydroxylation is 1. The van der Waals surface area contributed by atoms with Crippen molar-refractivity contribution in [3.8, 4) is 0 Å². The number of nitrogens with one attached hydrogen (secondary N) is 1. The van der Waals surface area contributed by atoms with E-state index in [1.165, 1.54) is 11.3 Å². The van der Waals surface area contributed by atoms with Crippen LogP contribution < -0.4 is 10.9 Å². The van der Waals surface area contributed by atoms with Crippen LogP contribution in [0.2, 0.25) is 0 Å². The van der Waals surface area contributed by atoms with Crippen LogP contribution >= 0.6 is 11.3 Å². The summed E-state index contributed by atoms with van der Waals surface area (Å²) in [6.45, 7) is 0. The third kappa shape index (κ3) is 2.28. The molecule has 0 bridgehead atoms. The zero-order chi connectivity index (χ0) is 16.7. The number of anilines is 1. The van der Waals surface area contributed by atoms with Crippen LogP contribution in [0.3, 0.4) is 0 Å².